The van der Waals surface area contributed by atoms with Crippen molar-refractivity contribution in [2.24, 2.45) is 0 Å². The molecule has 0 saturated carbocycles. The van der Waals surface area contributed by atoms with Gasteiger partial charge in [-0.15, -0.1) is 0 Å². The molecule has 0 spiro atoms. The van der Waals surface area contributed by atoms with E-state index in [1.165, 1.54) is 23.3 Å². The summed E-state index contributed by atoms with van der Waals surface area (Å²) in [5.41, 5.74) is 3.67. The number of nitrogens with one attached hydrogen (secondary N) is 1. The number of rotatable bonds is 7. The molecule has 2 aromatic rings. The summed E-state index contributed by atoms with van der Waals surface area (Å²) in [7, 11) is 0. The van der Waals surface area contributed by atoms with Crippen LogP contribution in [0.25, 0.3) is 0 Å². The number of hydrogen-bond acceptors (Lipinski definition) is 4. The normalized spacial score (nSPS) is 17.9. The maximum Gasteiger partial charge on any atom is 0.237 e. The first-order chi connectivity index (χ1) is 14.6. The lowest BCUT2D eigenvalue weighted by molar-refractivity contribution is -0.126. The van der Waals surface area contributed by atoms with E-state index >= 15 is 0 Å². The quantitative estimate of drug-likeness (QED) is 0.761. The molecule has 0 aromatic heterocycles. The number of benzene rings is 2. The van der Waals surface area contributed by atoms with Gasteiger partial charge in [-0.2, -0.15) is 0 Å². The molecule has 4 rings (SSSR count). The Morgan fingerprint density at radius 2 is 1.83 bits per heavy atom. The number of hydrogen-bond donors (Lipinski definition) is 1. The molecule has 5 nitrogen and oxygen atoms in total. The summed E-state index contributed by atoms with van der Waals surface area (Å²) in [6.07, 6.45) is 1.71. The monoisotopic (exact) mass is 411 g/mol. The molecule has 0 unspecified atom stereocenters. The van der Waals surface area contributed by atoms with Crippen molar-refractivity contribution in [1.29, 1.82) is 0 Å². The Bertz CT molecular complexity index is 863. The fourth-order valence-electron chi connectivity index (χ4n) is 4.20. The van der Waals surface area contributed by atoms with Crippen LogP contribution < -0.4 is 10.1 Å². The first-order valence-electron chi connectivity index (χ1n) is 10.8. The van der Waals surface area contributed by atoms with Gasteiger partial charge in [0.1, 0.15) is 11.6 Å². The fraction of sp³-hybridized carbons (Fsp3) is 0.458. The molecule has 1 fully saturated rings. The molecule has 0 radical (unpaired) electrons. The third-order valence-electron chi connectivity index (χ3n) is 6.12. The Kier molecular flexibility index (Phi) is 6.65. The van der Waals surface area contributed by atoms with Crippen molar-refractivity contribution in [3.8, 4) is 5.75 Å². The van der Waals surface area contributed by atoms with Crippen LogP contribution in [0.2, 0.25) is 0 Å². The van der Waals surface area contributed by atoms with E-state index in [-0.39, 0.29) is 17.8 Å². The van der Waals surface area contributed by atoms with Crippen LogP contribution in [0.5, 0.6) is 5.75 Å². The number of ether oxygens (including phenoxy) is 1. The maximum absolute atomic E-state index is 13.0. The van der Waals surface area contributed by atoms with Gasteiger partial charge in [0.05, 0.1) is 12.6 Å². The molecule has 1 atom stereocenters. The highest BCUT2D eigenvalue weighted by atomic mass is 19.1. The van der Waals surface area contributed by atoms with Gasteiger partial charge in [-0.3, -0.25) is 14.6 Å². The zero-order chi connectivity index (χ0) is 20.9. The second-order valence-corrected chi connectivity index (χ2v) is 8.20. The Morgan fingerprint density at radius 1 is 1.10 bits per heavy atom. The average Bonchev–Trinajstić information content (AvgIpc) is 3.23. The van der Waals surface area contributed by atoms with Crippen molar-refractivity contribution in [1.82, 2.24) is 15.1 Å². The lowest BCUT2D eigenvalue weighted by Crippen LogP contribution is -2.53. The van der Waals surface area contributed by atoms with Crippen LogP contribution in [0.1, 0.15) is 23.6 Å². The summed E-state index contributed by atoms with van der Waals surface area (Å²) in [6, 6.07) is 12.8. The lowest BCUT2D eigenvalue weighted by Gasteiger charge is -2.37. The number of nitrogens with zero attached hydrogens (tertiary/aromatic N) is 2. The Labute approximate surface area is 177 Å². The van der Waals surface area contributed by atoms with Crippen LogP contribution in [-0.4, -0.2) is 61.1 Å². The van der Waals surface area contributed by atoms with Crippen LogP contribution in [0.15, 0.2) is 42.5 Å². The number of amides is 1. The van der Waals surface area contributed by atoms with Crippen molar-refractivity contribution in [3.05, 3.63) is 65.0 Å². The van der Waals surface area contributed by atoms with Crippen LogP contribution >= 0.6 is 0 Å². The van der Waals surface area contributed by atoms with Crippen LogP contribution in [0.3, 0.4) is 0 Å². The van der Waals surface area contributed by atoms with Crippen molar-refractivity contribution in [2.75, 3.05) is 39.3 Å². The van der Waals surface area contributed by atoms with E-state index in [2.05, 4.69) is 33.3 Å². The fourth-order valence-corrected chi connectivity index (χ4v) is 4.20. The lowest BCUT2D eigenvalue weighted by atomic mass is 10.1. The Balaban J connectivity index is 1.19. The van der Waals surface area contributed by atoms with E-state index in [1.54, 1.807) is 12.1 Å². The predicted octanol–water partition coefficient (Wildman–Crippen LogP) is 2.63. The molecule has 1 saturated heterocycles. The largest absolute Gasteiger partial charge is 0.493 e. The average molecular weight is 412 g/mol. The summed E-state index contributed by atoms with van der Waals surface area (Å²) >= 11 is 0. The minimum absolute atomic E-state index is 0.0594. The van der Waals surface area contributed by atoms with Crippen LogP contribution in [-0.2, 0) is 24.2 Å². The summed E-state index contributed by atoms with van der Waals surface area (Å²) in [6.45, 7) is 7.98. The van der Waals surface area contributed by atoms with Crippen LogP contribution in [0, 0.1) is 5.82 Å². The van der Waals surface area contributed by atoms with E-state index < -0.39 is 0 Å². The third kappa shape index (κ3) is 5.18. The van der Waals surface area contributed by atoms with Gasteiger partial charge in [-0.1, -0.05) is 24.3 Å². The molecule has 2 aliphatic heterocycles. The van der Waals surface area contributed by atoms with E-state index in [4.69, 9.17) is 4.74 Å². The Morgan fingerprint density at radius 3 is 2.60 bits per heavy atom. The van der Waals surface area contributed by atoms with Crippen molar-refractivity contribution in [3.63, 3.8) is 0 Å². The topological polar surface area (TPSA) is 44.8 Å². The molecular formula is C24H30FN3O2. The van der Waals surface area contributed by atoms with Gasteiger partial charge in [0.2, 0.25) is 5.91 Å². The van der Waals surface area contributed by atoms with Gasteiger partial charge < -0.3 is 10.1 Å². The van der Waals surface area contributed by atoms with Crippen LogP contribution in [0.4, 0.5) is 4.39 Å². The molecule has 1 amide bonds. The summed E-state index contributed by atoms with van der Waals surface area (Å²) < 4.78 is 18.6. The standard InChI is InChI=1S/C24H30FN3O2/c1-18(24(29)26-10-8-19-2-5-22(25)6-3-19)28-13-11-27(12-14-28)17-20-4-7-23-21(16-20)9-15-30-23/h2-7,16,18H,8-15,17H2,1H3,(H,26,29)/t18-/m0/s1. The second-order valence-electron chi connectivity index (χ2n) is 8.20. The first kappa shape index (κ1) is 20.8. The van der Waals surface area contributed by atoms with Crippen molar-refractivity contribution < 1.29 is 13.9 Å². The molecule has 0 aliphatic carbocycles. The van der Waals surface area contributed by atoms with E-state index in [0.29, 0.717) is 13.0 Å². The molecule has 1 N–H and O–H groups in total. The Hall–Kier alpha value is -2.44. The SMILES string of the molecule is C[C@@H](C(=O)NCCc1ccc(F)cc1)N1CCN(Cc2ccc3c(c2)CCO3)CC1. The number of carbonyl (C=O) groups is 1. The molecule has 0 bridgehead atoms. The highest BCUT2D eigenvalue weighted by Gasteiger charge is 2.25. The second kappa shape index (κ2) is 9.58. The zero-order valence-corrected chi connectivity index (χ0v) is 17.6. The van der Waals surface area contributed by atoms with E-state index in [0.717, 1.165) is 57.1 Å². The van der Waals surface area contributed by atoms with E-state index in [9.17, 15) is 9.18 Å². The maximum atomic E-state index is 13.0. The summed E-state index contributed by atoms with van der Waals surface area (Å²) in [5, 5.41) is 3.02. The number of halogens is 1. The number of carbonyl (C=O) groups excluding carboxylic acids is 1. The van der Waals surface area contributed by atoms with Gasteiger partial charge in [-0.25, -0.2) is 4.39 Å². The molecular weight excluding hydrogens is 381 g/mol. The van der Waals surface area contributed by atoms with Crippen molar-refractivity contribution in [2.45, 2.75) is 32.4 Å². The molecule has 2 aliphatic rings. The number of fused-ring (bicyclic) bond motifs is 1. The summed E-state index contributed by atoms with van der Waals surface area (Å²) in [4.78, 5) is 17.2. The highest BCUT2D eigenvalue weighted by Crippen LogP contribution is 2.26. The highest BCUT2D eigenvalue weighted by molar-refractivity contribution is 5.81. The molecule has 160 valence electrons. The van der Waals surface area contributed by atoms with Gasteiger partial charge in [0.25, 0.3) is 0 Å². The van der Waals surface area contributed by atoms with Crippen molar-refractivity contribution >= 4 is 5.91 Å². The van der Waals surface area contributed by atoms with E-state index in [1.807, 2.05) is 6.92 Å². The van der Waals surface area contributed by atoms with Gasteiger partial charge in [-0.05, 0) is 48.2 Å². The zero-order valence-electron chi connectivity index (χ0n) is 17.6. The first-order valence-corrected chi connectivity index (χ1v) is 10.8. The molecule has 2 heterocycles. The molecule has 30 heavy (non-hydrogen) atoms. The minimum Gasteiger partial charge on any atom is -0.493 e. The van der Waals surface area contributed by atoms with Gasteiger partial charge >= 0.3 is 0 Å². The third-order valence-corrected chi connectivity index (χ3v) is 6.12. The van der Waals surface area contributed by atoms with Gasteiger partial charge in [0, 0.05) is 45.7 Å². The molecule has 2 aromatic carbocycles. The summed E-state index contributed by atoms with van der Waals surface area (Å²) in [5.74, 6) is 0.854. The van der Waals surface area contributed by atoms with Gasteiger partial charge in [0.15, 0.2) is 0 Å². The predicted molar refractivity (Wildman–Crippen MR) is 115 cm³/mol. The number of piperazine rings is 1. The minimum atomic E-state index is -0.235. The smallest absolute Gasteiger partial charge is 0.237 e. The molecule has 6 heteroatoms.